The van der Waals surface area contributed by atoms with E-state index >= 15 is 0 Å². The van der Waals surface area contributed by atoms with Crippen LogP contribution in [0, 0.1) is 0 Å². The Balaban J connectivity index is 0. The first-order valence-corrected chi connectivity index (χ1v) is 4.59. The molecule has 0 saturated carbocycles. The van der Waals surface area contributed by atoms with Crippen molar-refractivity contribution in [2.24, 2.45) is 0 Å². The Bertz CT molecular complexity index is 246. The number of carbonyl (C=O) groups excluding carboxylic acids is 2. The predicted molar refractivity (Wildman–Crippen MR) is 55.5 cm³/mol. The van der Waals surface area contributed by atoms with Crippen LogP contribution in [0.2, 0.25) is 0 Å². The van der Waals surface area contributed by atoms with Crippen molar-refractivity contribution in [1.82, 2.24) is 0 Å². The molecule has 16 heavy (non-hydrogen) atoms. The largest absolute Gasteiger partial charge is 0.481 e. The van der Waals surface area contributed by atoms with Gasteiger partial charge in [-0.25, -0.2) is 0 Å². The maximum absolute atomic E-state index is 10.5. The van der Waals surface area contributed by atoms with Crippen LogP contribution in [-0.2, 0) is 23.9 Å². The molecule has 0 aromatic heterocycles. The van der Waals surface area contributed by atoms with E-state index in [1.807, 2.05) is 0 Å². The van der Waals surface area contributed by atoms with Crippen LogP contribution in [0.3, 0.4) is 0 Å². The normalized spacial score (nSPS) is 8.12. The lowest BCUT2D eigenvalue weighted by atomic mass is 10.3. The highest BCUT2D eigenvalue weighted by Gasteiger charge is 2.04. The summed E-state index contributed by atoms with van der Waals surface area (Å²) in [6, 6.07) is 0. The Morgan fingerprint density at radius 1 is 1.31 bits per heavy atom. The molecule has 0 aromatic carbocycles. The van der Waals surface area contributed by atoms with Gasteiger partial charge < -0.3 is 14.6 Å². The maximum atomic E-state index is 10.5. The van der Waals surface area contributed by atoms with Crippen LogP contribution in [0.4, 0.5) is 0 Å². The van der Waals surface area contributed by atoms with Crippen LogP contribution < -0.4 is 0 Å². The van der Waals surface area contributed by atoms with E-state index in [1.165, 1.54) is 6.92 Å². The maximum Gasteiger partial charge on any atom is 0.307 e. The number of carboxylic acid groups (broad SMARTS) is 1. The highest BCUT2D eigenvalue weighted by molar-refractivity contribution is 5.76. The number of esters is 2. The summed E-state index contributed by atoms with van der Waals surface area (Å²) in [6.07, 6.45) is 0.907. The van der Waals surface area contributed by atoms with E-state index in [0.29, 0.717) is 6.61 Å². The molecule has 0 aliphatic heterocycles. The van der Waals surface area contributed by atoms with Crippen LogP contribution in [0.5, 0.6) is 0 Å². The Kier molecular flexibility index (Phi) is 11.6. The minimum atomic E-state index is -0.979. The van der Waals surface area contributed by atoms with Crippen molar-refractivity contribution in [3.8, 4) is 0 Å². The monoisotopic (exact) mass is 232 g/mol. The van der Waals surface area contributed by atoms with E-state index in [4.69, 9.17) is 5.11 Å². The lowest BCUT2D eigenvalue weighted by Gasteiger charge is -1.97. The molecule has 6 nitrogen and oxygen atoms in total. The molecule has 0 saturated heterocycles. The summed E-state index contributed by atoms with van der Waals surface area (Å²) in [7, 11) is 0. The van der Waals surface area contributed by atoms with Gasteiger partial charge in [0.05, 0.1) is 25.7 Å². The van der Waals surface area contributed by atoms with Gasteiger partial charge in [-0.1, -0.05) is 6.58 Å². The zero-order valence-corrected chi connectivity index (χ0v) is 9.39. The molecular formula is C10H16O6. The quantitative estimate of drug-likeness (QED) is 0.564. The predicted octanol–water partition coefficient (Wildman–Crippen LogP) is 1.11. The Morgan fingerprint density at radius 2 is 1.88 bits per heavy atom. The number of carbonyl (C=O) groups is 3. The Hall–Kier alpha value is -1.85. The van der Waals surface area contributed by atoms with Crippen LogP contribution in [-0.4, -0.2) is 29.6 Å². The molecule has 0 aliphatic rings. The van der Waals surface area contributed by atoms with Crippen molar-refractivity contribution in [3.05, 3.63) is 12.8 Å². The highest BCUT2D eigenvalue weighted by atomic mass is 16.5. The molecule has 92 valence electrons. The number of ether oxygens (including phenoxy) is 2. The minimum Gasteiger partial charge on any atom is -0.481 e. The summed E-state index contributed by atoms with van der Waals surface area (Å²) < 4.78 is 8.66. The molecule has 0 bridgehead atoms. The zero-order valence-electron chi connectivity index (χ0n) is 9.39. The first kappa shape index (κ1) is 16.6. The fourth-order valence-corrected chi connectivity index (χ4v) is 0.560. The SMILES string of the molecule is C=COC(C)=O.CCOC(=O)CCC(=O)O. The van der Waals surface area contributed by atoms with E-state index in [9.17, 15) is 14.4 Å². The van der Waals surface area contributed by atoms with E-state index in [1.54, 1.807) is 6.92 Å². The van der Waals surface area contributed by atoms with Crippen molar-refractivity contribution in [3.63, 3.8) is 0 Å². The molecule has 0 spiro atoms. The average molecular weight is 232 g/mol. The second-order valence-corrected chi connectivity index (χ2v) is 2.47. The number of rotatable bonds is 5. The molecule has 0 aliphatic carbocycles. The van der Waals surface area contributed by atoms with Gasteiger partial charge in [0, 0.05) is 6.92 Å². The van der Waals surface area contributed by atoms with E-state index in [-0.39, 0.29) is 18.8 Å². The molecule has 0 atom stereocenters. The fraction of sp³-hybridized carbons (Fsp3) is 0.500. The fourth-order valence-electron chi connectivity index (χ4n) is 0.560. The summed E-state index contributed by atoms with van der Waals surface area (Å²) in [5.41, 5.74) is 0. The smallest absolute Gasteiger partial charge is 0.307 e. The molecule has 6 heteroatoms. The Morgan fingerprint density at radius 3 is 2.12 bits per heavy atom. The van der Waals surface area contributed by atoms with Gasteiger partial charge in [-0.15, -0.1) is 0 Å². The number of hydrogen-bond donors (Lipinski definition) is 1. The first-order valence-electron chi connectivity index (χ1n) is 4.59. The molecule has 0 radical (unpaired) electrons. The number of aliphatic carboxylic acids is 1. The lowest BCUT2D eigenvalue weighted by Crippen LogP contribution is -2.06. The number of hydrogen-bond acceptors (Lipinski definition) is 5. The molecular weight excluding hydrogens is 216 g/mol. The van der Waals surface area contributed by atoms with Gasteiger partial charge in [0.1, 0.15) is 0 Å². The van der Waals surface area contributed by atoms with Crippen molar-refractivity contribution in [1.29, 1.82) is 0 Å². The van der Waals surface area contributed by atoms with Gasteiger partial charge in [0.15, 0.2) is 0 Å². The second-order valence-electron chi connectivity index (χ2n) is 2.47. The molecule has 0 unspecified atom stereocenters. The van der Waals surface area contributed by atoms with Crippen LogP contribution >= 0.6 is 0 Å². The summed E-state index contributed by atoms with van der Waals surface area (Å²) >= 11 is 0. The molecule has 0 aromatic rings. The van der Waals surface area contributed by atoms with E-state index in [2.05, 4.69) is 16.1 Å². The third kappa shape index (κ3) is 18.0. The van der Waals surface area contributed by atoms with Crippen LogP contribution in [0.25, 0.3) is 0 Å². The van der Waals surface area contributed by atoms with Gasteiger partial charge in [-0.2, -0.15) is 0 Å². The van der Waals surface area contributed by atoms with Crippen molar-refractivity contribution < 1.29 is 29.0 Å². The summed E-state index contributed by atoms with van der Waals surface area (Å²) in [6.45, 7) is 6.46. The molecule has 0 rings (SSSR count). The van der Waals surface area contributed by atoms with Crippen LogP contribution in [0.15, 0.2) is 12.8 Å². The third-order valence-corrected chi connectivity index (χ3v) is 1.10. The van der Waals surface area contributed by atoms with Crippen molar-refractivity contribution in [2.75, 3.05) is 6.61 Å². The topological polar surface area (TPSA) is 89.9 Å². The van der Waals surface area contributed by atoms with Crippen molar-refractivity contribution >= 4 is 17.9 Å². The number of carboxylic acids is 1. The van der Waals surface area contributed by atoms with Gasteiger partial charge in [0.2, 0.25) is 0 Å². The summed E-state index contributed by atoms with van der Waals surface area (Å²) in [5.74, 6) is -1.76. The molecule has 1 N–H and O–H groups in total. The van der Waals surface area contributed by atoms with Gasteiger partial charge >= 0.3 is 17.9 Å². The van der Waals surface area contributed by atoms with Crippen molar-refractivity contribution in [2.45, 2.75) is 26.7 Å². The summed E-state index contributed by atoms with van der Waals surface area (Å²) in [5, 5.41) is 8.12. The first-order chi connectivity index (χ1) is 7.43. The molecule has 0 amide bonds. The summed E-state index contributed by atoms with van der Waals surface area (Å²) in [4.78, 5) is 30.1. The van der Waals surface area contributed by atoms with Gasteiger partial charge in [-0.3, -0.25) is 14.4 Å². The minimum absolute atomic E-state index is 0.0385. The third-order valence-electron chi connectivity index (χ3n) is 1.10. The van der Waals surface area contributed by atoms with Gasteiger partial charge in [-0.05, 0) is 6.92 Å². The highest BCUT2D eigenvalue weighted by Crippen LogP contribution is 1.91. The second kappa shape index (κ2) is 11.2. The average Bonchev–Trinajstić information content (AvgIpc) is 2.16. The van der Waals surface area contributed by atoms with Crippen LogP contribution in [0.1, 0.15) is 26.7 Å². The molecule has 0 fully saturated rings. The Labute approximate surface area is 93.8 Å². The van der Waals surface area contributed by atoms with E-state index in [0.717, 1.165) is 6.26 Å². The van der Waals surface area contributed by atoms with E-state index < -0.39 is 11.9 Å². The van der Waals surface area contributed by atoms with Gasteiger partial charge in [0.25, 0.3) is 0 Å². The standard InChI is InChI=1S/C6H10O4.C4H6O2/c1-2-10-6(9)4-3-5(7)8;1-3-6-4(2)5/h2-4H2,1H3,(H,7,8);3H,1H2,2H3. The molecule has 0 heterocycles. The zero-order chi connectivity index (χ0) is 13.0. The lowest BCUT2D eigenvalue weighted by molar-refractivity contribution is -0.147.